The molecule has 20 nitrogen and oxygen atoms in total. The summed E-state index contributed by atoms with van der Waals surface area (Å²) in [7, 11) is 4.91. The number of anilines is 2. The Bertz CT molecular complexity index is 2830. The van der Waals surface area contributed by atoms with Crippen LogP contribution in [0.1, 0.15) is 105 Å². The lowest BCUT2D eigenvalue weighted by atomic mass is 9.83. The van der Waals surface area contributed by atoms with Gasteiger partial charge in [0.1, 0.15) is 40.8 Å². The van der Waals surface area contributed by atoms with Crippen molar-refractivity contribution in [1.29, 1.82) is 0 Å². The highest BCUT2D eigenvalue weighted by Crippen LogP contribution is 2.39. The number of carbonyl (C=O) groups is 6. The lowest BCUT2D eigenvalue weighted by Gasteiger charge is -2.35. The molecule has 1 saturated heterocycles. The highest BCUT2D eigenvalue weighted by molar-refractivity contribution is 7.20. The van der Waals surface area contributed by atoms with E-state index in [1.165, 1.54) is 13.3 Å². The van der Waals surface area contributed by atoms with E-state index in [0.29, 0.717) is 93.8 Å². The van der Waals surface area contributed by atoms with Crippen molar-refractivity contribution in [1.82, 2.24) is 35.7 Å². The van der Waals surface area contributed by atoms with Gasteiger partial charge in [-0.15, -0.1) is 0 Å². The average Bonchev–Trinajstić information content (AvgIpc) is 4.05. The molecule has 0 unspecified atom stereocenters. The third-order valence-corrected chi connectivity index (χ3v) is 16.2. The molecule has 6 amide bonds. The second-order valence-electron chi connectivity index (χ2n) is 21.4. The average molecular weight is 1190 g/mol. The molecule has 0 spiro atoms. The SMILES string of the molecule is CN[C@@H](C)C(=O)N[C@H](C(=O)N1CCC[C@H]1C(=O)Nc1sc(NC(=O)COCCOCCOCCOCCN(C)C(=O)Cc2cccc(CNC(=O)c3cc(/C=C/C4CCC(F)(F)CC4)c(OC)cn3)c2)nc1-c1ccccc1)C1CCCCC1. The van der Waals surface area contributed by atoms with Gasteiger partial charge in [0.15, 0.2) is 5.13 Å². The molecule has 84 heavy (non-hydrogen) atoms. The number of allylic oxidation sites excluding steroid dienone is 1. The molecule has 1 aliphatic heterocycles. The predicted octanol–water partition coefficient (Wildman–Crippen LogP) is 7.29. The standard InChI is InChI=1S/C61H81F2N9O11S/c1-41(64-2)55(75)68-54(46-17-9-6-10-18-46)59(78)72-26-12-19-49(72)57(77)70-58-53(45-15-7-5-8-16-45)69-60(84-58)67-51(73)40-83-34-33-82-32-31-81-30-29-80-28-27-71(3)52(74)36-43-13-11-14-44(35-43)38-66-56(76)48-37-47(50(79-4)39-65-48)21-20-42-22-24-61(62,63)25-23-42/h5,7-8,11,13-16,20-21,35,37,39,41-42,46,49,54,64H,6,9-10,12,17-19,22-34,36,38,40H2,1-4H3,(H,66,76)(H,68,75)(H,70,77)(H,67,69,73)/b21-20+/t41-,49-,54-/m0/s1. The van der Waals surface area contributed by atoms with Gasteiger partial charge in [-0.2, -0.15) is 0 Å². The van der Waals surface area contributed by atoms with E-state index < -0.39 is 35.9 Å². The fraction of sp³-hybridized carbons (Fsp3) is 0.541. The Labute approximate surface area is 494 Å². The molecule has 3 aliphatic rings. The van der Waals surface area contributed by atoms with Crippen LogP contribution in [-0.4, -0.2) is 166 Å². The summed E-state index contributed by atoms with van der Waals surface area (Å²) >= 11 is 1.11. The van der Waals surface area contributed by atoms with Crippen LogP contribution in [0.2, 0.25) is 0 Å². The maximum atomic E-state index is 14.3. The number of hydrogen-bond acceptors (Lipinski definition) is 15. The normalized spacial score (nSPS) is 17.1. The number of nitrogens with zero attached hydrogens (tertiary/aromatic N) is 4. The van der Waals surface area contributed by atoms with Crippen LogP contribution in [0, 0.1) is 11.8 Å². The van der Waals surface area contributed by atoms with Gasteiger partial charge in [0.05, 0.1) is 72.0 Å². The molecule has 2 aromatic carbocycles. The smallest absolute Gasteiger partial charge is 0.270 e. The number of aromatic nitrogens is 2. The van der Waals surface area contributed by atoms with Gasteiger partial charge in [-0.3, -0.25) is 34.1 Å². The summed E-state index contributed by atoms with van der Waals surface area (Å²) in [5.74, 6) is -3.92. The van der Waals surface area contributed by atoms with Crippen LogP contribution in [0.25, 0.3) is 17.3 Å². The third kappa shape index (κ3) is 19.9. The number of thiazole rings is 1. The second-order valence-corrected chi connectivity index (χ2v) is 22.4. The molecule has 5 N–H and O–H groups in total. The Morgan fingerprint density at radius 3 is 2.23 bits per heavy atom. The monoisotopic (exact) mass is 1190 g/mol. The molecule has 2 saturated carbocycles. The van der Waals surface area contributed by atoms with Gasteiger partial charge in [-0.05, 0) is 81.5 Å². The molecule has 456 valence electrons. The minimum Gasteiger partial charge on any atom is -0.495 e. The Kier molecular flexibility index (Phi) is 25.5. The van der Waals surface area contributed by atoms with Gasteiger partial charge < -0.3 is 54.8 Å². The van der Waals surface area contributed by atoms with Crippen LogP contribution in [0.5, 0.6) is 5.75 Å². The first-order chi connectivity index (χ1) is 40.6. The molecular formula is C61H81F2N9O11S. The summed E-state index contributed by atoms with van der Waals surface area (Å²) < 4.78 is 55.1. The summed E-state index contributed by atoms with van der Waals surface area (Å²) in [6.07, 6.45) is 11.7. The topological polar surface area (TPSA) is 241 Å². The van der Waals surface area contributed by atoms with Gasteiger partial charge >= 0.3 is 0 Å². The Morgan fingerprint density at radius 1 is 0.833 bits per heavy atom. The van der Waals surface area contributed by atoms with Crippen LogP contribution in [0.3, 0.4) is 0 Å². The molecule has 7 rings (SSSR count). The first kappa shape index (κ1) is 64.8. The third-order valence-electron chi connectivity index (χ3n) is 15.3. The van der Waals surface area contributed by atoms with E-state index in [1.807, 2.05) is 60.7 Å². The Balaban J connectivity index is 0.745. The maximum Gasteiger partial charge on any atom is 0.270 e. The van der Waals surface area contributed by atoms with Crippen LogP contribution in [-0.2, 0) is 55.9 Å². The van der Waals surface area contributed by atoms with Gasteiger partial charge in [0.2, 0.25) is 29.6 Å². The number of carbonyl (C=O) groups excluding carboxylic acids is 6. The fourth-order valence-electron chi connectivity index (χ4n) is 10.3. The number of likely N-dealkylation sites (tertiary alicyclic amines) is 1. The first-order valence-corrected chi connectivity index (χ1v) is 29.9. The zero-order valence-corrected chi connectivity index (χ0v) is 49.4. The number of rotatable bonds is 31. The number of likely N-dealkylation sites (N-methyl/N-ethyl adjacent to an activating group) is 2. The van der Waals surface area contributed by atoms with Crippen molar-refractivity contribution in [2.75, 3.05) is 97.8 Å². The Hall–Kier alpha value is -6.76. The molecule has 2 aromatic heterocycles. The minimum absolute atomic E-state index is 0.0104. The van der Waals surface area contributed by atoms with Crippen LogP contribution in [0.15, 0.2) is 72.9 Å². The molecule has 0 radical (unpaired) electrons. The van der Waals surface area contributed by atoms with Crippen molar-refractivity contribution in [2.45, 2.75) is 115 Å². The number of methoxy groups -OCH3 is 1. The second kappa shape index (κ2) is 33.1. The maximum absolute atomic E-state index is 14.3. The molecule has 23 heteroatoms. The summed E-state index contributed by atoms with van der Waals surface area (Å²) in [6.45, 7) is 4.42. The lowest BCUT2D eigenvalue weighted by Crippen LogP contribution is -2.57. The number of benzene rings is 2. The highest BCUT2D eigenvalue weighted by atomic mass is 32.1. The highest BCUT2D eigenvalue weighted by Gasteiger charge is 2.41. The van der Waals surface area contributed by atoms with Crippen molar-refractivity contribution >= 4 is 63.0 Å². The largest absolute Gasteiger partial charge is 0.495 e. The number of amides is 6. The van der Waals surface area contributed by atoms with Crippen LogP contribution in [0.4, 0.5) is 18.9 Å². The van der Waals surface area contributed by atoms with Crippen molar-refractivity contribution in [3.8, 4) is 17.0 Å². The van der Waals surface area contributed by atoms with E-state index >= 15 is 0 Å². The minimum atomic E-state index is -2.61. The Morgan fingerprint density at radius 2 is 1.52 bits per heavy atom. The van der Waals surface area contributed by atoms with E-state index in [4.69, 9.17) is 23.7 Å². The summed E-state index contributed by atoms with van der Waals surface area (Å²) in [5.41, 5.74) is 3.61. The van der Waals surface area contributed by atoms with Crippen LogP contribution < -0.4 is 31.3 Å². The molecule has 3 heterocycles. The number of halogens is 2. The summed E-state index contributed by atoms with van der Waals surface area (Å²) in [6, 6.07) is 16.4. The summed E-state index contributed by atoms with van der Waals surface area (Å²) in [4.78, 5) is 92.6. The number of alkyl halides is 2. The fourth-order valence-corrected chi connectivity index (χ4v) is 11.2. The van der Waals surface area contributed by atoms with E-state index in [-0.39, 0.29) is 91.9 Å². The van der Waals surface area contributed by atoms with Gasteiger partial charge in [-0.25, -0.2) is 18.7 Å². The summed E-state index contributed by atoms with van der Waals surface area (Å²) in [5, 5.41) is 15.3. The van der Waals surface area contributed by atoms with E-state index in [9.17, 15) is 37.5 Å². The van der Waals surface area contributed by atoms with Gasteiger partial charge in [0, 0.05) is 50.7 Å². The molecule has 4 aromatic rings. The molecule has 3 fully saturated rings. The molecule has 0 bridgehead atoms. The number of ether oxygens (including phenoxy) is 5. The number of nitrogens with one attached hydrogen (secondary N) is 5. The van der Waals surface area contributed by atoms with Crippen molar-refractivity contribution in [3.05, 3.63) is 95.3 Å². The zero-order chi connectivity index (χ0) is 59.8. The van der Waals surface area contributed by atoms with E-state index in [2.05, 4.69) is 36.6 Å². The first-order valence-electron chi connectivity index (χ1n) is 29.1. The predicted molar refractivity (Wildman–Crippen MR) is 316 cm³/mol. The lowest BCUT2D eigenvalue weighted by molar-refractivity contribution is -0.142. The quantitative estimate of drug-likeness (QED) is 0.0311. The molecule has 3 atom stereocenters. The molecular weight excluding hydrogens is 1100 g/mol. The molecule has 2 aliphatic carbocycles. The van der Waals surface area contributed by atoms with E-state index in [0.717, 1.165) is 60.1 Å². The van der Waals surface area contributed by atoms with Crippen molar-refractivity contribution in [2.24, 2.45) is 11.8 Å². The van der Waals surface area contributed by atoms with Crippen molar-refractivity contribution < 1.29 is 61.2 Å². The van der Waals surface area contributed by atoms with Crippen LogP contribution >= 0.6 is 11.3 Å². The zero-order valence-electron chi connectivity index (χ0n) is 48.6. The van der Waals surface area contributed by atoms with Gasteiger partial charge in [-0.1, -0.05) is 97.3 Å². The van der Waals surface area contributed by atoms with Crippen molar-refractivity contribution in [3.63, 3.8) is 0 Å². The van der Waals surface area contributed by atoms with E-state index in [1.54, 1.807) is 43.0 Å². The number of pyridine rings is 1. The number of hydrogen-bond donors (Lipinski definition) is 5. The van der Waals surface area contributed by atoms with Gasteiger partial charge in [0.25, 0.3) is 11.8 Å².